The minimum Gasteiger partial charge on any atom is -0.336 e. The van der Waals surface area contributed by atoms with E-state index in [1.54, 1.807) is 0 Å². The lowest BCUT2D eigenvalue weighted by molar-refractivity contribution is -0.128. The lowest BCUT2D eigenvalue weighted by Gasteiger charge is -2.17. The van der Waals surface area contributed by atoms with E-state index in [2.05, 4.69) is 28.6 Å². The van der Waals surface area contributed by atoms with E-state index in [0.717, 1.165) is 18.8 Å². The molecule has 0 radical (unpaired) electrons. The van der Waals surface area contributed by atoms with E-state index in [1.807, 2.05) is 35.6 Å². The molecule has 1 atom stereocenters. The van der Waals surface area contributed by atoms with Crippen molar-refractivity contribution in [3.8, 4) is 0 Å². The van der Waals surface area contributed by atoms with Crippen molar-refractivity contribution in [1.29, 1.82) is 0 Å². The predicted octanol–water partition coefficient (Wildman–Crippen LogP) is 2.42. The van der Waals surface area contributed by atoms with Crippen molar-refractivity contribution in [3.05, 3.63) is 54.1 Å². The van der Waals surface area contributed by atoms with Crippen LogP contribution in [0.2, 0.25) is 0 Å². The predicted molar refractivity (Wildman–Crippen MR) is 77.1 cm³/mol. The van der Waals surface area contributed by atoms with Crippen molar-refractivity contribution in [3.63, 3.8) is 0 Å². The van der Waals surface area contributed by atoms with Gasteiger partial charge in [-0.05, 0) is 12.5 Å². The molecule has 3 rings (SSSR count). The molecule has 20 heavy (non-hydrogen) atoms. The number of nitrogens with zero attached hydrogens (tertiary/aromatic N) is 3. The Morgan fingerprint density at radius 1 is 1.30 bits per heavy atom. The van der Waals surface area contributed by atoms with Crippen LogP contribution in [0.4, 0.5) is 0 Å². The molecule has 4 nitrogen and oxygen atoms in total. The van der Waals surface area contributed by atoms with Gasteiger partial charge in [-0.25, -0.2) is 4.98 Å². The van der Waals surface area contributed by atoms with Gasteiger partial charge in [0.25, 0.3) is 0 Å². The molecule has 0 unspecified atom stereocenters. The Hall–Kier alpha value is -2.10. The number of hydrogen-bond acceptors (Lipinski definition) is 2. The molecule has 0 bridgehead atoms. The van der Waals surface area contributed by atoms with Gasteiger partial charge in [0.05, 0.1) is 18.6 Å². The summed E-state index contributed by atoms with van der Waals surface area (Å²) in [5.74, 6) is 0.560. The van der Waals surface area contributed by atoms with Gasteiger partial charge in [0.1, 0.15) is 0 Å². The Morgan fingerprint density at radius 3 is 2.85 bits per heavy atom. The van der Waals surface area contributed by atoms with Crippen LogP contribution in [-0.4, -0.2) is 26.9 Å². The molecule has 1 saturated heterocycles. The number of rotatable bonds is 4. The van der Waals surface area contributed by atoms with Crippen molar-refractivity contribution in [2.75, 3.05) is 6.54 Å². The fraction of sp³-hybridized carbons (Fsp3) is 0.375. The molecule has 1 fully saturated rings. The van der Waals surface area contributed by atoms with Crippen LogP contribution in [-0.2, 0) is 17.9 Å². The molecule has 0 saturated carbocycles. The molecule has 0 aliphatic carbocycles. The number of carbonyl (C=O) groups excluding carboxylic acids is 1. The summed E-state index contributed by atoms with van der Waals surface area (Å²) >= 11 is 0. The number of likely N-dealkylation sites (tertiary alicyclic amines) is 1. The highest BCUT2D eigenvalue weighted by Crippen LogP contribution is 2.28. The lowest BCUT2D eigenvalue weighted by atomic mass is 9.99. The Morgan fingerprint density at radius 2 is 2.10 bits per heavy atom. The van der Waals surface area contributed by atoms with Gasteiger partial charge < -0.3 is 9.47 Å². The summed E-state index contributed by atoms with van der Waals surface area (Å²) in [5.41, 5.74) is 2.36. The number of imidazole rings is 1. The second-order valence-corrected chi connectivity index (χ2v) is 5.26. The zero-order valence-corrected chi connectivity index (χ0v) is 11.7. The van der Waals surface area contributed by atoms with Crippen molar-refractivity contribution >= 4 is 5.91 Å². The Labute approximate surface area is 119 Å². The second kappa shape index (κ2) is 5.49. The molecule has 1 aromatic heterocycles. The van der Waals surface area contributed by atoms with Crippen molar-refractivity contribution in [1.82, 2.24) is 14.5 Å². The van der Waals surface area contributed by atoms with Gasteiger partial charge in [-0.15, -0.1) is 0 Å². The van der Waals surface area contributed by atoms with Gasteiger partial charge >= 0.3 is 0 Å². The van der Waals surface area contributed by atoms with Crippen molar-refractivity contribution < 1.29 is 4.79 Å². The Kier molecular flexibility index (Phi) is 3.54. The summed E-state index contributed by atoms with van der Waals surface area (Å²) < 4.78 is 2.09. The quantitative estimate of drug-likeness (QED) is 0.855. The van der Waals surface area contributed by atoms with E-state index >= 15 is 0 Å². The van der Waals surface area contributed by atoms with Crippen LogP contribution >= 0.6 is 0 Å². The minimum absolute atomic E-state index is 0.239. The molecule has 1 aliphatic heterocycles. The highest BCUT2D eigenvalue weighted by Gasteiger charge is 2.30. The molecule has 104 valence electrons. The molecule has 1 aliphatic rings. The van der Waals surface area contributed by atoms with E-state index in [4.69, 9.17) is 0 Å². The lowest BCUT2D eigenvalue weighted by Crippen LogP contribution is -2.25. The average molecular weight is 269 g/mol. The highest BCUT2D eigenvalue weighted by molar-refractivity contribution is 5.79. The van der Waals surface area contributed by atoms with Gasteiger partial charge in [-0.3, -0.25) is 4.79 Å². The summed E-state index contributed by atoms with van der Waals surface area (Å²) in [4.78, 5) is 18.3. The summed E-state index contributed by atoms with van der Waals surface area (Å²) in [5, 5.41) is 0. The standard InChI is InChI=1S/C16H19N3O/c1-2-18-12-17-9-15(18)11-19-10-14(8-16(19)20)13-6-4-3-5-7-13/h3-7,9,12,14H,2,8,10-11H2,1H3/t14-/m1/s1. The topological polar surface area (TPSA) is 38.1 Å². The number of benzene rings is 1. The van der Waals surface area contributed by atoms with E-state index in [9.17, 15) is 4.79 Å². The number of amides is 1. The SMILES string of the molecule is CCn1cncc1CN1C[C@H](c2ccccc2)CC1=O. The van der Waals surface area contributed by atoms with Gasteiger partial charge in [-0.2, -0.15) is 0 Å². The van der Waals surface area contributed by atoms with Crippen LogP contribution in [0.3, 0.4) is 0 Å². The first-order valence-corrected chi connectivity index (χ1v) is 7.09. The number of aromatic nitrogens is 2. The molecule has 2 aromatic rings. The first-order chi connectivity index (χ1) is 9.78. The van der Waals surface area contributed by atoms with Crippen LogP contribution < -0.4 is 0 Å². The fourth-order valence-electron chi connectivity index (χ4n) is 2.83. The largest absolute Gasteiger partial charge is 0.336 e. The van der Waals surface area contributed by atoms with Gasteiger partial charge in [-0.1, -0.05) is 30.3 Å². The van der Waals surface area contributed by atoms with Crippen molar-refractivity contribution in [2.45, 2.75) is 32.4 Å². The molecular formula is C16H19N3O. The first kappa shape index (κ1) is 12.9. The van der Waals surface area contributed by atoms with Gasteiger partial charge in [0.15, 0.2) is 0 Å². The van der Waals surface area contributed by atoms with E-state index in [1.165, 1.54) is 5.56 Å². The minimum atomic E-state index is 0.239. The summed E-state index contributed by atoms with van der Waals surface area (Å²) in [6.45, 7) is 4.44. The molecule has 1 aromatic carbocycles. The first-order valence-electron chi connectivity index (χ1n) is 7.09. The Balaban J connectivity index is 1.72. The average Bonchev–Trinajstić information content (AvgIpc) is 3.07. The third kappa shape index (κ3) is 2.46. The maximum Gasteiger partial charge on any atom is 0.223 e. The van der Waals surface area contributed by atoms with Gasteiger partial charge in [0, 0.05) is 31.6 Å². The fourth-order valence-corrected chi connectivity index (χ4v) is 2.83. The normalized spacial score (nSPS) is 18.8. The molecule has 4 heteroatoms. The zero-order valence-electron chi connectivity index (χ0n) is 11.7. The number of hydrogen-bond donors (Lipinski definition) is 0. The van der Waals surface area contributed by atoms with Gasteiger partial charge in [0.2, 0.25) is 5.91 Å². The summed E-state index contributed by atoms with van der Waals surface area (Å²) in [6, 6.07) is 10.3. The van der Waals surface area contributed by atoms with E-state index < -0.39 is 0 Å². The van der Waals surface area contributed by atoms with Crippen molar-refractivity contribution in [2.24, 2.45) is 0 Å². The molecule has 2 heterocycles. The van der Waals surface area contributed by atoms with Crippen LogP contribution in [0.15, 0.2) is 42.9 Å². The zero-order chi connectivity index (χ0) is 13.9. The Bertz CT molecular complexity index is 591. The molecule has 0 N–H and O–H groups in total. The third-order valence-corrected chi connectivity index (χ3v) is 3.98. The molecule has 1 amide bonds. The summed E-state index contributed by atoms with van der Waals surface area (Å²) in [6.07, 6.45) is 4.29. The monoisotopic (exact) mass is 269 g/mol. The van der Waals surface area contributed by atoms with E-state index in [-0.39, 0.29) is 5.91 Å². The van der Waals surface area contributed by atoms with Crippen LogP contribution in [0.5, 0.6) is 0 Å². The van der Waals surface area contributed by atoms with Crippen LogP contribution in [0.1, 0.15) is 30.5 Å². The molecule has 0 spiro atoms. The maximum absolute atomic E-state index is 12.2. The highest BCUT2D eigenvalue weighted by atomic mass is 16.2. The van der Waals surface area contributed by atoms with Crippen LogP contribution in [0, 0.1) is 0 Å². The number of carbonyl (C=O) groups is 1. The van der Waals surface area contributed by atoms with E-state index in [0.29, 0.717) is 18.9 Å². The smallest absolute Gasteiger partial charge is 0.223 e. The third-order valence-electron chi connectivity index (χ3n) is 3.98. The number of aryl methyl sites for hydroxylation is 1. The van der Waals surface area contributed by atoms with Crippen LogP contribution in [0.25, 0.3) is 0 Å². The molecular weight excluding hydrogens is 250 g/mol. The maximum atomic E-state index is 12.2. The summed E-state index contributed by atoms with van der Waals surface area (Å²) in [7, 11) is 0. The second-order valence-electron chi connectivity index (χ2n) is 5.26.